The highest BCUT2D eigenvalue weighted by atomic mass is 32.2. The van der Waals surface area contributed by atoms with Gasteiger partial charge in [0.2, 0.25) is 5.91 Å². The summed E-state index contributed by atoms with van der Waals surface area (Å²) >= 11 is 4.55. The van der Waals surface area contributed by atoms with Crippen molar-refractivity contribution >= 4 is 51.9 Å². The van der Waals surface area contributed by atoms with Crippen LogP contribution >= 0.6 is 34.4 Å². The van der Waals surface area contributed by atoms with Crippen molar-refractivity contribution in [3.05, 3.63) is 58.4 Å². The van der Waals surface area contributed by atoms with Gasteiger partial charge in [0.1, 0.15) is 16.7 Å². The number of hydrogen-bond acceptors (Lipinski definition) is 7. The summed E-state index contributed by atoms with van der Waals surface area (Å²) in [6.07, 6.45) is 0. The maximum Gasteiger partial charge on any atom is 0.274 e. The summed E-state index contributed by atoms with van der Waals surface area (Å²) in [5, 5.41) is 16.2. The van der Waals surface area contributed by atoms with E-state index < -0.39 is 6.04 Å². The molecule has 2 aromatic heterocycles. The largest absolute Gasteiger partial charge is 0.324 e. The first-order valence-electron chi connectivity index (χ1n) is 8.35. The summed E-state index contributed by atoms with van der Waals surface area (Å²) in [5.41, 5.74) is 1.49. The number of thiazole rings is 1. The number of amides is 2. The fourth-order valence-electron chi connectivity index (χ4n) is 2.75. The zero-order valence-electron chi connectivity index (χ0n) is 14.5. The minimum Gasteiger partial charge on any atom is -0.324 e. The van der Waals surface area contributed by atoms with Crippen LogP contribution in [-0.2, 0) is 4.79 Å². The number of benzene rings is 1. The van der Waals surface area contributed by atoms with Crippen LogP contribution in [0.3, 0.4) is 0 Å². The Balaban J connectivity index is 1.47. The van der Waals surface area contributed by atoms with Gasteiger partial charge in [-0.25, -0.2) is 4.98 Å². The van der Waals surface area contributed by atoms with Crippen LogP contribution in [0.1, 0.15) is 16.1 Å². The Bertz CT molecular complexity index is 1040. The molecule has 0 spiro atoms. The normalized spacial score (nSPS) is 16.0. The molecule has 1 fully saturated rings. The van der Waals surface area contributed by atoms with Gasteiger partial charge in [-0.1, -0.05) is 6.07 Å². The van der Waals surface area contributed by atoms with E-state index in [-0.39, 0.29) is 11.8 Å². The monoisotopic (exact) mass is 426 g/mol. The minimum absolute atomic E-state index is 0.232. The lowest BCUT2D eigenvalue weighted by molar-refractivity contribution is -0.119. The number of thiophene rings is 1. The molecule has 9 heteroatoms. The molecule has 1 saturated heterocycles. The molecule has 0 aliphatic carbocycles. The first kappa shape index (κ1) is 18.7. The highest BCUT2D eigenvalue weighted by Gasteiger charge is 2.36. The molecule has 1 unspecified atom stereocenters. The van der Waals surface area contributed by atoms with E-state index in [9.17, 15) is 9.59 Å². The summed E-state index contributed by atoms with van der Waals surface area (Å²) in [5.74, 6) is 0.521. The summed E-state index contributed by atoms with van der Waals surface area (Å²) in [6.45, 7) is 0. The van der Waals surface area contributed by atoms with E-state index in [1.807, 2.05) is 23.6 Å². The number of nitrogens with one attached hydrogen (secondary N) is 1. The highest BCUT2D eigenvalue weighted by Crippen LogP contribution is 2.30. The number of thioether (sulfide) groups is 1. The van der Waals surface area contributed by atoms with E-state index in [1.54, 1.807) is 57.6 Å². The van der Waals surface area contributed by atoms with E-state index in [0.717, 1.165) is 9.88 Å². The minimum atomic E-state index is -0.556. The first-order chi connectivity index (χ1) is 13.7. The fraction of sp³-hybridized carbons (Fsp3) is 0.158. The quantitative estimate of drug-likeness (QED) is 0.684. The molecule has 0 saturated carbocycles. The predicted octanol–water partition coefficient (Wildman–Crippen LogP) is 3.90. The summed E-state index contributed by atoms with van der Waals surface area (Å²) in [4.78, 5) is 32.7. The standard InChI is InChI=1S/C19H14N4O2S3/c20-8-12-3-5-13(6-4-12)21-17(24)15-10-26-11-23(15)19(25)14-9-28-18(22-14)16-2-1-7-27-16/h1-7,9,15H,10-11H2,(H,21,24). The van der Waals surface area contributed by atoms with E-state index in [0.29, 0.717) is 28.6 Å². The zero-order chi connectivity index (χ0) is 19.5. The van der Waals surface area contributed by atoms with Crippen LogP contribution in [0.5, 0.6) is 0 Å². The lowest BCUT2D eigenvalue weighted by Crippen LogP contribution is -2.44. The molecule has 4 rings (SSSR count). The average Bonchev–Trinajstić information content (AvgIpc) is 3.49. The number of carbonyl (C=O) groups is 2. The lowest BCUT2D eigenvalue weighted by atomic mass is 10.2. The molecule has 1 aliphatic rings. The fourth-order valence-corrected chi connectivity index (χ4v) is 5.51. The number of hydrogen-bond donors (Lipinski definition) is 1. The Morgan fingerprint density at radius 3 is 2.75 bits per heavy atom. The topological polar surface area (TPSA) is 86.1 Å². The summed E-state index contributed by atoms with van der Waals surface area (Å²) in [6, 6.07) is 12.0. The van der Waals surface area contributed by atoms with Gasteiger partial charge in [-0.15, -0.1) is 34.4 Å². The van der Waals surface area contributed by atoms with Crippen molar-refractivity contribution in [1.29, 1.82) is 5.26 Å². The third-order valence-electron chi connectivity index (χ3n) is 4.18. The van der Waals surface area contributed by atoms with Crippen LogP contribution in [0.2, 0.25) is 0 Å². The molecule has 6 nitrogen and oxygen atoms in total. The van der Waals surface area contributed by atoms with Gasteiger partial charge in [0.05, 0.1) is 22.4 Å². The molecule has 0 bridgehead atoms. The maximum atomic E-state index is 12.9. The molecular formula is C19H14N4O2S3. The number of carbonyl (C=O) groups excluding carboxylic acids is 2. The molecule has 28 heavy (non-hydrogen) atoms. The lowest BCUT2D eigenvalue weighted by Gasteiger charge is -2.22. The van der Waals surface area contributed by atoms with Crippen molar-refractivity contribution in [3.8, 4) is 16.0 Å². The smallest absolute Gasteiger partial charge is 0.274 e. The van der Waals surface area contributed by atoms with E-state index >= 15 is 0 Å². The van der Waals surface area contributed by atoms with Crippen LogP contribution in [0.4, 0.5) is 5.69 Å². The molecule has 1 aromatic carbocycles. The molecule has 3 aromatic rings. The Hall–Kier alpha value is -2.67. The predicted molar refractivity (Wildman–Crippen MR) is 112 cm³/mol. The second kappa shape index (κ2) is 8.14. The van der Waals surface area contributed by atoms with Gasteiger partial charge < -0.3 is 10.2 Å². The van der Waals surface area contributed by atoms with Gasteiger partial charge >= 0.3 is 0 Å². The molecule has 1 aliphatic heterocycles. The molecule has 1 atom stereocenters. The van der Waals surface area contributed by atoms with Crippen molar-refractivity contribution in [2.45, 2.75) is 6.04 Å². The van der Waals surface area contributed by atoms with Gasteiger partial charge in [0.15, 0.2) is 0 Å². The van der Waals surface area contributed by atoms with Crippen molar-refractivity contribution < 1.29 is 9.59 Å². The van der Waals surface area contributed by atoms with Crippen molar-refractivity contribution in [2.24, 2.45) is 0 Å². The Morgan fingerprint density at radius 2 is 2.04 bits per heavy atom. The number of rotatable bonds is 4. The molecule has 0 radical (unpaired) electrons. The van der Waals surface area contributed by atoms with E-state index in [2.05, 4.69) is 10.3 Å². The van der Waals surface area contributed by atoms with Crippen molar-refractivity contribution in [1.82, 2.24) is 9.88 Å². The molecule has 1 N–H and O–H groups in total. The molecule has 3 heterocycles. The van der Waals surface area contributed by atoms with Gasteiger partial charge in [-0.05, 0) is 35.7 Å². The van der Waals surface area contributed by atoms with E-state index in [1.165, 1.54) is 11.3 Å². The molecular weight excluding hydrogens is 412 g/mol. The van der Waals surface area contributed by atoms with Gasteiger partial charge in [-0.3, -0.25) is 9.59 Å². The van der Waals surface area contributed by atoms with Gasteiger partial charge in [0, 0.05) is 16.8 Å². The number of nitrogens with zero attached hydrogens (tertiary/aromatic N) is 3. The average molecular weight is 427 g/mol. The SMILES string of the molecule is N#Cc1ccc(NC(=O)C2CSCN2C(=O)c2csc(-c3cccs3)n2)cc1. The van der Waals surface area contributed by atoms with Crippen molar-refractivity contribution in [3.63, 3.8) is 0 Å². The van der Waals surface area contributed by atoms with Crippen LogP contribution < -0.4 is 5.32 Å². The second-order valence-electron chi connectivity index (χ2n) is 5.98. The van der Waals surface area contributed by atoms with Crippen molar-refractivity contribution in [2.75, 3.05) is 16.9 Å². The Labute approximate surface area is 173 Å². The van der Waals surface area contributed by atoms with Gasteiger partial charge in [0.25, 0.3) is 5.91 Å². The number of aromatic nitrogens is 1. The molecule has 2 amide bonds. The van der Waals surface area contributed by atoms with E-state index in [4.69, 9.17) is 5.26 Å². The number of nitriles is 1. The first-order valence-corrected chi connectivity index (χ1v) is 11.3. The number of anilines is 1. The van der Waals surface area contributed by atoms with Crippen LogP contribution in [0, 0.1) is 11.3 Å². The third-order valence-corrected chi connectivity index (χ3v) is 7.08. The van der Waals surface area contributed by atoms with Crippen LogP contribution in [-0.4, -0.2) is 39.4 Å². The Kier molecular flexibility index (Phi) is 5.43. The van der Waals surface area contributed by atoms with Crippen LogP contribution in [0.15, 0.2) is 47.2 Å². The molecule has 140 valence electrons. The maximum absolute atomic E-state index is 12.9. The summed E-state index contributed by atoms with van der Waals surface area (Å²) in [7, 11) is 0. The summed E-state index contributed by atoms with van der Waals surface area (Å²) < 4.78 is 0. The third kappa shape index (κ3) is 3.80. The Morgan fingerprint density at radius 1 is 1.21 bits per heavy atom. The van der Waals surface area contributed by atoms with Gasteiger partial charge in [-0.2, -0.15) is 5.26 Å². The highest BCUT2D eigenvalue weighted by molar-refractivity contribution is 7.99. The second-order valence-corrected chi connectivity index (χ2v) is 8.79. The van der Waals surface area contributed by atoms with Crippen LogP contribution in [0.25, 0.3) is 9.88 Å². The zero-order valence-corrected chi connectivity index (χ0v) is 16.9.